The summed E-state index contributed by atoms with van der Waals surface area (Å²) in [6.07, 6.45) is -2.58. The zero-order valence-corrected chi connectivity index (χ0v) is 15.2. The van der Waals surface area contributed by atoms with Gasteiger partial charge in [0, 0.05) is 18.3 Å². The number of imidazole rings is 1. The largest absolute Gasteiger partial charge is 0.417 e. The second kappa shape index (κ2) is 7.22. The number of aromatic nitrogens is 3. The van der Waals surface area contributed by atoms with E-state index in [4.69, 9.17) is 11.6 Å². The molecule has 3 aromatic rings. The van der Waals surface area contributed by atoms with Gasteiger partial charge in [0.05, 0.1) is 22.5 Å². The van der Waals surface area contributed by atoms with E-state index in [-0.39, 0.29) is 0 Å². The van der Waals surface area contributed by atoms with Crippen LogP contribution in [0.3, 0.4) is 0 Å². The predicted molar refractivity (Wildman–Crippen MR) is 88.5 cm³/mol. The molecule has 1 aromatic carbocycles. The number of benzene rings is 1. The number of nitrogens with one attached hydrogen (secondary N) is 1. The van der Waals surface area contributed by atoms with Crippen molar-refractivity contribution in [2.24, 2.45) is 0 Å². The number of pyridine rings is 1. The van der Waals surface area contributed by atoms with Gasteiger partial charge in [0.15, 0.2) is 28.3 Å². The van der Waals surface area contributed by atoms with Gasteiger partial charge in [-0.2, -0.15) is 21.6 Å². The maximum absolute atomic E-state index is 13.3. The third-order valence-electron chi connectivity index (χ3n) is 3.49. The molecule has 0 saturated heterocycles. The molecule has 0 aliphatic heterocycles. The zero-order chi connectivity index (χ0) is 21.6. The van der Waals surface area contributed by atoms with Crippen molar-refractivity contribution in [2.75, 3.05) is 4.72 Å². The summed E-state index contributed by atoms with van der Waals surface area (Å²) in [7, 11) is -4.58. The molecule has 0 bridgehead atoms. The van der Waals surface area contributed by atoms with Crippen molar-refractivity contribution < 1.29 is 34.8 Å². The molecule has 1 N–H and O–H groups in total. The lowest BCUT2D eigenvalue weighted by molar-refractivity contribution is -0.137. The van der Waals surface area contributed by atoms with E-state index in [0.29, 0.717) is 24.4 Å². The van der Waals surface area contributed by atoms with Gasteiger partial charge in [-0.3, -0.25) is 9.29 Å². The van der Waals surface area contributed by atoms with Crippen molar-refractivity contribution in [1.82, 2.24) is 14.5 Å². The molecule has 29 heavy (non-hydrogen) atoms. The minimum atomic E-state index is -4.72. The SMILES string of the molecule is O=S(=O)(Nc1cc(F)c(F)c(F)c1)c1cncn1-c1ncc(C(F)(F)F)cc1Cl. The molecule has 0 atom stereocenters. The minimum absolute atomic E-state index is 0.394. The van der Waals surface area contributed by atoms with Crippen LogP contribution in [0.15, 0.2) is 41.9 Å². The van der Waals surface area contributed by atoms with Crippen molar-refractivity contribution in [3.8, 4) is 5.82 Å². The summed E-state index contributed by atoms with van der Waals surface area (Å²) in [5.74, 6) is -5.46. The Hall–Kier alpha value is -2.80. The third kappa shape index (κ3) is 4.15. The number of rotatable bonds is 4. The van der Waals surface area contributed by atoms with E-state index in [0.717, 1.165) is 17.1 Å². The number of hydrogen-bond acceptors (Lipinski definition) is 4. The summed E-state index contributed by atoms with van der Waals surface area (Å²) in [5.41, 5.74) is -1.80. The van der Waals surface area contributed by atoms with Gasteiger partial charge in [-0.25, -0.2) is 23.1 Å². The molecule has 14 heteroatoms. The van der Waals surface area contributed by atoms with Crippen molar-refractivity contribution in [3.05, 3.63) is 65.0 Å². The van der Waals surface area contributed by atoms with E-state index in [2.05, 4.69) is 9.97 Å². The van der Waals surface area contributed by atoms with Crippen molar-refractivity contribution in [1.29, 1.82) is 0 Å². The van der Waals surface area contributed by atoms with Gasteiger partial charge in [0.1, 0.15) is 6.33 Å². The molecule has 3 rings (SSSR count). The number of nitrogens with zero attached hydrogens (tertiary/aromatic N) is 3. The van der Waals surface area contributed by atoms with Gasteiger partial charge in [-0.15, -0.1) is 0 Å². The molecule has 0 spiro atoms. The number of hydrogen-bond donors (Lipinski definition) is 1. The Kier molecular flexibility index (Phi) is 5.21. The highest BCUT2D eigenvalue weighted by Crippen LogP contribution is 2.32. The molecule has 0 unspecified atom stereocenters. The third-order valence-corrected chi connectivity index (χ3v) is 5.13. The molecule has 0 fully saturated rings. The van der Waals surface area contributed by atoms with Crippen molar-refractivity contribution >= 4 is 27.3 Å². The molecular formula is C15H7ClF6N4O2S. The first kappa shape index (κ1) is 20.9. The maximum atomic E-state index is 13.3. The van der Waals surface area contributed by atoms with E-state index < -0.39 is 60.8 Å². The van der Waals surface area contributed by atoms with E-state index in [1.165, 1.54) is 0 Å². The van der Waals surface area contributed by atoms with E-state index in [9.17, 15) is 34.8 Å². The Bertz CT molecular complexity index is 1170. The second-order valence-electron chi connectivity index (χ2n) is 5.49. The highest BCUT2D eigenvalue weighted by Gasteiger charge is 2.32. The average molecular weight is 457 g/mol. The van der Waals surface area contributed by atoms with E-state index in [1.807, 2.05) is 4.72 Å². The second-order valence-corrected chi connectivity index (χ2v) is 7.52. The fourth-order valence-corrected chi connectivity index (χ4v) is 3.61. The van der Waals surface area contributed by atoms with Crippen LogP contribution >= 0.6 is 11.6 Å². The van der Waals surface area contributed by atoms with Crippen LogP contribution in [0.1, 0.15) is 5.56 Å². The summed E-state index contributed by atoms with van der Waals surface area (Å²) in [4.78, 5) is 7.10. The normalized spacial score (nSPS) is 12.2. The van der Waals surface area contributed by atoms with Crippen molar-refractivity contribution in [2.45, 2.75) is 11.2 Å². The summed E-state index contributed by atoms with van der Waals surface area (Å²) < 4.78 is 105. The summed E-state index contributed by atoms with van der Waals surface area (Å²) in [5, 5.41) is -1.19. The number of sulfonamides is 1. The smallest absolute Gasteiger partial charge is 0.278 e. The van der Waals surface area contributed by atoms with Crippen LogP contribution in [0.25, 0.3) is 5.82 Å². The molecule has 0 aliphatic carbocycles. The van der Waals surface area contributed by atoms with Gasteiger partial charge in [-0.1, -0.05) is 11.6 Å². The van der Waals surface area contributed by atoms with Gasteiger partial charge in [-0.05, 0) is 6.07 Å². The average Bonchev–Trinajstić information content (AvgIpc) is 3.09. The monoisotopic (exact) mass is 456 g/mol. The number of alkyl halides is 3. The quantitative estimate of drug-likeness (QED) is 0.472. The lowest BCUT2D eigenvalue weighted by Gasteiger charge is -2.13. The molecule has 0 radical (unpaired) electrons. The van der Waals surface area contributed by atoms with Crippen LogP contribution < -0.4 is 4.72 Å². The summed E-state index contributed by atoms with van der Waals surface area (Å²) in [6.45, 7) is 0. The Morgan fingerprint density at radius 3 is 2.21 bits per heavy atom. The highest BCUT2D eigenvalue weighted by molar-refractivity contribution is 7.92. The zero-order valence-electron chi connectivity index (χ0n) is 13.7. The van der Waals surface area contributed by atoms with Gasteiger partial charge in [0.25, 0.3) is 10.0 Å². The Labute approximate surface area is 163 Å². The van der Waals surface area contributed by atoms with Gasteiger partial charge in [0.2, 0.25) is 0 Å². The minimum Gasteiger partial charge on any atom is -0.278 e. The molecule has 0 saturated carbocycles. The standard InChI is InChI=1S/C15H7ClF6N4O2S/c16-9-1-7(15(20,21)22)4-24-14(9)26-6-23-5-12(26)29(27,28)25-8-2-10(17)13(19)11(18)3-8/h1-6,25H. The van der Waals surface area contributed by atoms with Gasteiger partial charge >= 0.3 is 6.18 Å². The van der Waals surface area contributed by atoms with Crippen LogP contribution in [0.2, 0.25) is 5.02 Å². The Morgan fingerprint density at radius 1 is 1.03 bits per heavy atom. The van der Waals surface area contributed by atoms with Crippen LogP contribution in [0.5, 0.6) is 0 Å². The lowest BCUT2D eigenvalue weighted by atomic mass is 10.3. The molecule has 0 amide bonds. The fourth-order valence-electron chi connectivity index (χ4n) is 2.23. The highest BCUT2D eigenvalue weighted by atomic mass is 35.5. The lowest BCUT2D eigenvalue weighted by Crippen LogP contribution is -2.18. The Morgan fingerprint density at radius 2 is 1.66 bits per heavy atom. The van der Waals surface area contributed by atoms with Crippen LogP contribution in [0.4, 0.5) is 32.0 Å². The van der Waals surface area contributed by atoms with Crippen molar-refractivity contribution in [3.63, 3.8) is 0 Å². The topological polar surface area (TPSA) is 76.9 Å². The first-order valence-electron chi connectivity index (χ1n) is 7.33. The molecular weight excluding hydrogens is 450 g/mol. The van der Waals surface area contributed by atoms with E-state index in [1.54, 1.807) is 0 Å². The molecule has 2 heterocycles. The molecule has 2 aromatic heterocycles. The van der Waals surface area contributed by atoms with Crippen LogP contribution in [-0.2, 0) is 16.2 Å². The summed E-state index contributed by atoms with van der Waals surface area (Å²) >= 11 is 5.80. The van der Waals surface area contributed by atoms with Crippen LogP contribution in [-0.4, -0.2) is 23.0 Å². The first-order valence-corrected chi connectivity index (χ1v) is 9.19. The predicted octanol–water partition coefficient (Wildman–Crippen LogP) is 4.16. The van der Waals surface area contributed by atoms with Gasteiger partial charge < -0.3 is 0 Å². The summed E-state index contributed by atoms with van der Waals surface area (Å²) in [6, 6.07) is 1.35. The van der Waals surface area contributed by atoms with Crippen LogP contribution in [0, 0.1) is 17.5 Å². The Balaban J connectivity index is 2.02. The fraction of sp³-hybridized carbons (Fsp3) is 0.0667. The maximum Gasteiger partial charge on any atom is 0.417 e. The molecule has 0 aliphatic rings. The first-order chi connectivity index (χ1) is 13.4. The molecule has 6 nitrogen and oxygen atoms in total. The number of halogens is 7. The molecule has 154 valence electrons. The van der Waals surface area contributed by atoms with E-state index >= 15 is 0 Å². The number of anilines is 1.